The van der Waals surface area contributed by atoms with Gasteiger partial charge in [-0.1, -0.05) is 22.9 Å². The molecule has 1 N–H and O–H groups in total. The van der Waals surface area contributed by atoms with Gasteiger partial charge in [0, 0.05) is 27.6 Å². The van der Waals surface area contributed by atoms with Crippen LogP contribution in [0.25, 0.3) is 0 Å². The Morgan fingerprint density at radius 1 is 1.39 bits per heavy atom. The van der Waals surface area contributed by atoms with Crippen molar-refractivity contribution in [3.63, 3.8) is 0 Å². The molecule has 98 valence electrons. The highest BCUT2D eigenvalue weighted by atomic mass is 79.9. The maximum absolute atomic E-state index is 5.34. The van der Waals surface area contributed by atoms with Crippen LogP contribution < -0.4 is 5.32 Å². The summed E-state index contributed by atoms with van der Waals surface area (Å²) in [4.78, 5) is 1.31. The van der Waals surface area contributed by atoms with Gasteiger partial charge in [-0.05, 0) is 43.7 Å². The number of benzene rings is 1. The number of nitrogens with one attached hydrogen (secondary N) is 1. The van der Waals surface area contributed by atoms with Crippen LogP contribution in [0.1, 0.15) is 26.2 Å². The van der Waals surface area contributed by atoms with Crippen LogP contribution in [0, 0.1) is 12.3 Å². The zero-order valence-electron chi connectivity index (χ0n) is 10.8. The third-order valence-corrected chi connectivity index (χ3v) is 4.29. The SMILES string of the molecule is C#CCCC(CSc1ccc(Br)cc1)NCCC. The first-order chi connectivity index (χ1) is 8.76. The van der Waals surface area contributed by atoms with E-state index < -0.39 is 0 Å². The summed E-state index contributed by atoms with van der Waals surface area (Å²) in [6.45, 7) is 3.25. The van der Waals surface area contributed by atoms with Crippen molar-refractivity contribution < 1.29 is 0 Å². The summed E-state index contributed by atoms with van der Waals surface area (Å²) in [6.07, 6.45) is 8.41. The van der Waals surface area contributed by atoms with Gasteiger partial charge in [-0.2, -0.15) is 0 Å². The van der Waals surface area contributed by atoms with Crippen molar-refractivity contribution in [3.05, 3.63) is 28.7 Å². The Labute approximate surface area is 123 Å². The molecule has 0 saturated heterocycles. The van der Waals surface area contributed by atoms with Gasteiger partial charge in [0.05, 0.1) is 0 Å². The van der Waals surface area contributed by atoms with E-state index in [1.54, 1.807) is 0 Å². The van der Waals surface area contributed by atoms with Crippen molar-refractivity contribution in [2.75, 3.05) is 12.3 Å². The first-order valence-corrected chi connectivity index (χ1v) is 8.09. The van der Waals surface area contributed by atoms with Gasteiger partial charge in [-0.25, -0.2) is 0 Å². The number of halogens is 1. The summed E-state index contributed by atoms with van der Waals surface area (Å²) in [6, 6.07) is 8.96. The van der Waals surface area contributed by atoms with Crippen LogP contribution in [-0.2, 0) is 0 Å². The van der Waals surface area contributed by atoms with E-state index in [1.807, 2.05) is 11.8 Å². The minimum Gasteiger partial charge on any atom is -0.313 e. The minimum absolute atomic E-state index is 0.509. The fourth-order valence-electron chi connectivity index (χ4n) is 1.58. The van der Waals surface area contributed by atoms with Gasteiger partial charge in [0.25, 0.3) is 0 Å². The van der Waals surface area contributed by atoms with Crippen molar-refractivity contribution in [1.82, 2.24) is 5.32 Å². The lowest BCUT2D eigenvalue weighted by Crippen LogP contribution is -2.31. The first kappa shape index (κ1) is 15.6. The Morgan fingerprint density at radius 3 is 2.72 bits per heavy atom. The van der Waals surface area contributed by atoms with E-state index in [1.165, 1.54) is 4.90 Å². The molecule has 0 aliphatic carbocycles. The second-order valence-electron chi connectivity index (χ2n) is 4.16. The average molecular weight is 326 g/mol. The standard InChI is InChI=1S/C15H20BrNS/c1-3-5-6-14(17-11-4-2)12-18-15-9-7-13(16)8-10-15/h1,7-10,14,17H,4-6,11-12H2,2H3. The van der Waals surface area contributed by atoms with Crippen LogP contribution in [0.4, 0.5) is 0 Å². The molecule has 0 heterocycles. The minimum atomic E-state index is 0.509. The normalized spacial score (nSPS) is 12.1. The molecule has 0 fully saturated rings. The molecule has 0 amide bonds. The molecule has 0 aliphatic rings. The van der Waals surface area contributed by atoms with Crippen molar-refractivity contribution in [3.8, 4) is 12.3 Å². The molecule has 1 rings (SSSR count). The Kier molecular flexibility index (Phi) is 8.24. The maximum Gasteiger partial charge on any atom is 0.0176 e. The van der Waals surface area contributed by atoms with E-state index in [0.29, 0.717) is 6.04 Å². The van der Waals surface area contributed by atoms with Crippen molar-refractivity contribution in [1.29, 1.82) is 0 Å². The van der Waals surface area contributed by atoms with E-state index in [9.17, 15) is 0 Å². The molecule has 3 heteroatoms. The van der Waals surface area contributed by atoms with Gasteiger partial charge in [0.2, 0.25) is 0 Å². The molecule has 1 nitrogen and oxygen atoms in total. The molecular weight excluding hydrogens is 306 g/mol. The third kappa shape index (κ3) is 6.49. The van der Waals surface area contributed by atoms with Crippen molar-refractivity contribution in [2.45, 2.75) is 37.1 Å². The molecule has 0 aromatic heterocycles. The molecule has 0 bridgehead atoms. The van der Waals surface area contributed by atoms with Crippen LogP contribution in [-0.4, -0.2) is 18.3 Å². The lowest BCUT2D eigenvalue weighted by Gasteiger charge is -2.17. The van der Waals surface area contributed by atoms with Crippen LogP contribution in [0.5, 0.6) is 0 Å². The van der Waals surface area contributed by atoms with Gasteiger partial charge in [-0.3, -0.25) is 0 Å². The van der Waals surface area contributed by atoms with Crippen LogP contribution >= 0.6 is 27.7 Å². The lowest BCUT2D eigenvalue weighted by molar-refractivity contribution is 0.526. The molecule has 0 saturated carbocycles. The first-order valence-electron chi connectivity index (χ1n) is 6.31. The van der Waals surface area contributed by atoms with E-state index in [-0.39, 0.29) is 0 Å². The molecule has 1 unspecified atom stereocenters. The number of rotatable bonds is 8. The largest absolute Gasteiger partial charge is 0.313 e. The molecule has 0 aliphatic heterocycles. The Morgan fingerprint density at radius 2 is 2.11 bits per heavy atom. The summed E-state index contributed by atoms with van der Waals surface area (Å²) in [5, 5.41) is 3.56. The molecular formula is C15H20BrNS. The van der Waals surface area contributed by atoms with Gasteiger partial charge < -0.3 is 5.32 Å². The topological polar surface area (TPSA) is 12.0 Å². The monoisotopic (exact) mass is 325 g/mol. The quantitative estimate of drug-likeness (QED) is 0.564. The summed E-state index contributed by atoms with van der Waals surface area (Å²) in [5.41, 5.74) is 0. The second kappa shape index (κ2) is 9.49. The Bertz CT molecular complexity index is 369. The van der Waals surface area contributed by atoms with Crippen LogP contribution in [0.3, 0.4) is 0 Å². The number of thioether (sulfide) groups is 1. The summed E-state index contributed by atoms with van der Waals surface area (Å²) in [7, 11) is 0. The Balaban J connectivity index is 2.40. The number of hydrogen-bond donors (Lipinski definition) is 1. The number of hydrogen-bond acceptors (Lipinski definition) is 2. The second-order valence-corrected chi connectivity index (χ2v) is 6.17. The van der Waals surface area contributed by atoms with Gasteiger partial charge in [0.1, 0.15) is 0 Å². The highest BCUT2D eigenvalue weighted by Crippen LogP contribution is 2.22. The zero-order valence-corrected chi connectivity index (χ0v) is 13.2. The summed E-state index contributed by atoms with van der Waals surface area (Å²) in [5.74, 6) is 3.80. The highest BCUT2D eigenvalue weighted by Gasteiger charge is 2.07. The molecule has 1 aromatic carbocycles. The maximum atomic E-state index is 5.34. The predicted octanol–water partition coefficient (Wildman–Crippen LogP) is 4.32. The zero-order chi connectivity index (χ0) is 13.2. The third-order valence-electron chi connectivity index (χ3n) is 2.58. The Hall–Kier alpha value is -0.430. The van der Waals surface area contributed by atoms with Gasteiger partial charge in [-0.15, -0.1) is 24.1 Å². The summed E-state index contributed by atoms with van der Waals surface area (Å²) < 4.78 is 1.12. The van der Waals surface area contributed by atoms with E-state index in [2.05, 4.69) is 58.4 Å². The molecule has 18 heavy (non-hydrogen) atoms. The highest BCUT2D eigenvalue weighted by molar-refractivity contribution is 9.10. The van der Waals surface area contributed by atoms with E-state index in [4.69, 9.17) is 6.42 Å². The van der Waals surface area contributed by atoms with Crippen LogP contribution in [0.2, 0.25) is 0 Å². The van der Waals surface area contributed by atoms with Crippen LogP contribution in [0.15, 0.2) is 33.6 Å². The molecule has 0 spiro atoms. The molecule has 1 atom stereocenters. The molecule has 0 radical (unpaired) electrons. The van der Waals surface area contributed by atoms with Crippen molar-refractivity contribution >= 4 is 27.7 Å². The molecule has 1 aromatic rings. The van der Waals surface area contributed by atoms with Gasteiger partial charge in [0.15, 0.2) is 0 Å². The number of terminal acetylenes is 1. The smallest absolute Gasteiger partial charge is 0.0176 e. The van der Waals surface area contributed by atoms with E-state index in [0.717, 1.165) is 36.0 Å². The van der Waals surface area contributed by atoms with Gasteiger partial charge >= 0.3 is 0 Å². The fourth-order valence-corrected chi connectivity index (χ4v) is 2.85. The summed E-state index contributed by atoms with van der Waals surface area (Å²) >= 11 is 5.34. The fraction of sp³-hybridized carbons (Fsp3) is 0.467. The lowest BCUT2D eigenvalue weighted by atomic mass is 10.2. The van der Waals surface area contributed by atoms with Crippen molar-refractivity contribution in [2.24, 2.45) is 0 Å². The average Bonchev–Trinajstić information content (AvgIpc) is 2.40. The van der Waals surface area contributed by atoms with E-state index >= 15 is 0 Å². The predicted molar refractivity (Wildman–Crippen MR) is 85.0 cm³/mol.